The lowest BCUT2D eigenvalue weighted by atomic mass is 10.3. The number of hydrogen-bond acceptors (Lipinski definition) is 5. The standard InChI is InChI=1S/C14H19BrN4O2/c1-18(2)7-8-19-14(20)13(15)12(10-17-19)16-6-5-11-4-3-9-21-11/h3-4,9-10,16H,5-8H2,1-2H3. The normalized spacial score (nSPS) is 11.0. The Morgan fingerprint density at radius 1 is 1.48 bits per heavy atom. The molecule has 114 valence electrons. The third kappa shape index (κ3) is 4.44. The maximum atomic E-state index is 12.2. The molecule has 2 rings (SSSR count). The first-order chi connectivity index (χ1) is 10.1. The van der Waals surface area contributed by atoms with Crippen LogP contribution in [-0.4, -0.2) is 41.9 Å². The summed E-state index contributed by atoms with van der Waals surface area (Å²) in [6, 6.07) is 3.78. The van der Waals surface area contributed by atoms with Gasteiger partial charge < -0.3 is 14.6 Å². The lowest BCUT2D eigenvalue weighted by molar-refractivity contribution is 0.367. The maximum Gasteiger partial charge on any atom is 0.283 e. The molecule has 0 unspecified atom stereocenters. The van der Waals surface area contributed by atoms with Gasteiger partial charge in [-0.05, 0) is 42.2 Å². The molecule has 2 heterocycles. The molecule has 0 aliphatic rings. The van der Waals surface area contributed by atoms with E-state index >= 15 is 0 Å². The molecule has 0 saturated heterocycles. The molecular weight excluding hydrogens is 336 g/mol. The lowest BCUT2D eigenvalue weighted by Gasteiger charge is -2.12. The third-order valence-corrected chi connectivity index (χ3v) is 3.78. The Balaban J connectivity index is 1.97. The zero-order valence-corrected chi connectivity index (χ0v) is 13.8. The van der Waals surface area contributed by atoms with Gasteiger partial charge in [-0.2, -0.15) is 5.10 Å². The Kier molecular flexibility index (Phi) is 5.58. The van der Waals surface area contributed by atoms with Gasteiger partial charge in [0.1, 0.15) is 10.2 Å². The zero-order valence-electron chi connectivity index (χ0n) is 12.2. The van der Waals surface area contributed by atoms with E-state index in [1.165, 1.54) is 4.68 Å². The third-order valence-electron chi connectivity index (χ3n) is 3.01. The van der Waals surface area contributed by atoms with Crippen molar-refractivity contribution in [3.8, 4) is 0 Å². The van der Waals surface area contributed by atoms with Crippen LogP contribution in [0.1, 0.15) is 5.76 Å². The summed E-state index contributed by atoms with van der Waals surface area (Å²) in [5, 5.41) is 7.38. The van der Waals surface area contributed by atoms with E-state index in [0.29, 0.717) is 23.2 Å². The molecule has 0 radical (unpaired) electrons. The van der Waals surface area contributed by atoms with Crippen LogP contribution in [0.4, 0.5) is 5.69 Å². The summed E-state index contributed by atoms with van der Waals surface area (Å²) in [6.07, 6.45) is 4.07. The van der Waals surface area contributed by atoms with Crippen molar-refractivity contribution >= 4 is 21.6 Å². The molecule has 0 aliphatic carbocycles. The van der Waals surface area contributed by atoms with Gasteiger partial charge in [-0.25, -0.2) is 4.68 Å². The van der Waals surface area contributed by atoms with E-state index in [1.807, 2.05) is 31.1 Å². The van der Waals surface area contributed by atoms with Crippen LogP contribution in [0.5, 0.6) is 0 Å². The molecule has 7 heteroatoms. The molecule has 1 N–H and O–H groups in total. The summed E-state index contributed by atoms with van der Waals surface area (Å²) in [7, 11) is 3.93. The number of nitrogens with one attached hydrogen (secondary N) is 1. The van der Waals surface area contributed by atoms with Crippen molar-refractivity contribution in [2.24, 2.45) is 0 Å². The van der Waals surface area contributed by atoms with Gasteiger partial charge in [-0.15, -0.1) is 0 Å². The largest absolute Gasteiger partial charge is 0.469 e. The molecule has 0 aliphatic heterocycles. The predicted molar refractivity (Wildman–Crippen MR) is 85.7 cm³/mol. The van der Waals surface area contributed by atoms with Crippen LogP contribution in [0.15, 0.2) is 38.3 Å². The van der Waals surface area contributed by atoms with Crippen LogP contribution in [0, 0.1) is 0 Å². The van der Waals surface area contributed by atoms with Crippen molar-refractivity contribution in [2.75, 3.05) is 32.5 Å². The van der Waals surface area contributed by atoms with Gasteiger partial charge >= 0.3 is 0 Å². The monoisotopic (exact) mass is 354 g/mol. The molecule has 2 aromatic heterocycles. The first kappa shape index (κ1) is 15.8. The summed E-state index contributed by atoms with van der Waals surface area (Å²) in [6.45, 7) is 2.01. The molecule has 0 fully saturated rings. The van der Waals surface area contributed by atoms with Gasteiger partial charge in [0.05, 0.1) is 24.7 Å². The highest BCUT2D eigenvalue weighted by Gasteiger charge is 2.08. The number of aromatic nitrogens is 2. The minimum absolute atomic E-state index is 0.125. The van der Waals surface area contributed by atoms with Crippen LogP contribution in [0.2, 0.25) is 0 Å². The van der Waals surface area contributed by atoms with Crippen molar-refractivity contribution < 1.29 is 4.42 Å². The minimum Gasteiger partial charge on any atom is -0.469 e. The molecule has 0 amide bonds. The molecule has 6 nitrogen and oxygen atoms in total. The Bertz CT molecular complexity index is 622. The zero-order chi connectivity index (χ0) is 15.2. The molecule has 0 bridgehead atoms. The average molecular weight is 355 g/mol. The molecule has 0 atom stereocenters. The van der Waals surface area contributed by atoms with Crippen LogP contribution in [0.25, 0.3) is 0 Å². The SMILES string of the molecule is CN(C)CCn1ncc(NCCc2ccco2)c(Br)c1=O. The number of rotatable bonds is 7. The van der Waals surface area contributed by atoms with Gasteiger partial charge in [0.25, 0.3) is 5.56 Å². The van der Waals surface area contributed by atoms with E-state index in [9.17, 15) is 4.79 Å². The van der Waals surface area contributed by atoms with Gasteiger partial charge in [0.2, 0.25) is 0 Å². The van der Waals surface area contributed by atoms with Crippen molar-refractivity contribution in [3.63, 3.8) is 0 Å². The number of anilines is 1. The second-order valence-electron chi connectivity index (χ2n) is 4.96. The smallest absolute Gasteiger partial charge is 0.283 e. The number of furan rings is 1. The van der Waals surface area contributed by atoms with Crippen molar-refractivity contribution in [2.45, 2.75) is 13.0 Å². The quantitative estimate of drug-likeness (QED) is 0.821. The fourth-order valence-corrected chi connectivity index (χ4v) is 2.26. The molecule has 2 aromatic rings. The summed E-state index contributed by atoms with van der Waals surface area (Å²) >= 11 is 3.34. The van der Waals surface area contributed by atoms with E-state index in [1.54, 1.807) is 12.5 Å². The molecular formula is C14H19BrN4O2. The highest BCUT2D eigenvalue weighted by molar-refractivity contribution is 9.10. The van der Waals surface area contributed by atoms with Gasteiger partial charge in [-0.3, -0.25) is 4.79 Å². The topological polar surface area (TPSA) is 63.3 Å². The molecule has 21 heavy (non-hydrogen) atoms. The van der Waals surface area contributed by atoms with Crippen LogP contribution in [0.3, 0.4) is 0 Å². The summed E-state index contributed by atoms with van der Waals surface area (Å²) in [5.41, 5.74) is 0.576. The number of halogens is 1. The van der Waals surface area contributed by atoms with Crippen LogP contribution in [-0.2, 0) is 13.0 Å². The maximum absolute atomic E-state index is 12.2. The average Bonchev–Trinajstić information content (AvgIpc) is 2.95. The van der Waals surface area contributed by atoms with Crippen molar-refractivity contribution in [3.05, 3.63) is 45.2 Å². The van der Waals surface area contributed by atoms with E-state index in [-0.39, 0.29) is 5.56 Å². The van der Waals surface area contributed by atoms with Crippen molar-refractivity contribution in [1.82, 2.24) is 14.7 Å². The molecule has 0 aromatic carbocycles. The van der Waals surface area contributed by atoms with E-state index < -0.39 is 0 Å². The van der Waals surface area contributed by atoms with Gasteiger partial charge in [0.15, 0.2) is 0 Å². The Morgan fingerprint density at radius 3 is 2.95 bits per heavy atom. The minimum atomic E-state index is -0.125. The Hall–Kier alpha value is -1.60. The first-order valence-electron chi connectivity index (χ1n) is 6.74. The summed E-state index contributed by atoms with van der Waals surface area (Å²) in [4.78, 5) is 14.2. The number of hydrogen-bond donors (Lipinski definition) is 1. The predicted octanol–water partition coefficient (Wildman–Crippen LogP) is 1.81. The second-order valence-corrected chi connectivity index (χ2v) is 5.75. The first-order valence-corrected chi connectivity index (χ1v) is 7.54. The van der Waals surface area contributed by atoms with Gasteiger partial charge in [-0.1, -0.05) is 0 Å². The highest BCUT2D eigenvalue weighted by Crippen LogP contribution is 2.16. The van der Waals surface area contributed by atoms with Crippen LogP contribution < -0.4 is 10.9 Å². The summed E-state index contributed by atoms with van der Waals surface area (Å²) < 4.78 is 7.23. The summed E-state index contributed by atoms with van der Waals surface area (Å²) in [5.74, 6) is 0.908. The number of nitrogens with zero attached hydrogens (tertiary/aromatic N) is 3. The Morgan fingerprint density at radius 2 is 2.29 bits per heavy atom. The number of likely N-dealkylation sites (N-methyl/N-ethyl adjacent to an activating group) is 1. The van der Waals surface area contributed by atoms with Crippen LogP contribution >= 0.6 is 15.9 Å². The second kappa shape index (κ2) is 7.42. The van der Waals surface area contributed by atoms with Crippen molar-refractivity contribution in [1.29, 1.82) is 0 Å². The molecule has 0 spiro atoms. The Labute approximate surface area is 131 Å². The van der Waals surface area contributed by atoms with E-state index in [4.69, 9.17) is 4.42 Å². The van der Waals surface area contributed by atoms with Gasteiger partial charge in [0, 0.05) is 19.5 Å². The lowest BCUT2D eigenvalue weighted by Crippen LogP contribution is -2.29. The molecule has 0 saturated carbocycles. The fraction of sp³-hybridized carbons (Fsp3) is 0.429. The van der Waals surface area contributed by atoms with E-state index in [2.05, 4.69) is 26.3 Å². The fourth-order valence-electron chi connectivity index (χ4n) is 1.82. The highest BCUT2D eigenvalue weighted by atomic mass is 79.9. The van der Waals surface area contributed by atoms with E-state index in [0.717, 1.165) is 18.7 Å².